The average molecular weight is 188 g/mol. The topological polar surface area (TPSA) is 21.8 Å². The summed E-state index contributed by atoms with van der Waals surface area (Å²) in [7, 11) is -0.310. The molecule has 0 aliphatic carbocycles. The van der Waals surface area contributed by atoms with Crippen LogP contribution in [0.25, 0.3) is 0 Å². The number of rotatable bonds is 7. The Morgan fingerprint density at radius 1 is 1.42 bits per heavy atom. The molecule has 0 aromatic carbocycles. The fourth-order valence-corrected chi connectivity index (χ4v) is 2.24. The Kier molecular flexibility index (Phi) is 4.88. The van der Waals surface area contributed by atoms with Crippen molar-refractivity contribution in [2.24, 2.45) is 0 Å². The summed E-state index contributed by atoms with van der Waals surface area (Å²) in [6.07, 6.45) is 3.03. The summed E-state index contributed by atoms with van der Waals surface area (Å²) in [5, 5.41) is 0. The van der Waals surface area contributed by atoms with Crippen LogP contribution in [-0.4, -0.2) is 34.7 Å². The molecule has 2 nitrogen and oxygen atoms in total. The van der Waals surface area contributed by atoms with Crippen molar-refractivity contribution >= 4 is 8.80 Å². The lowest BCUT2D eigenvalue weighted by Crippen LogP contribution is -2.04. The molecule has 1 aliphatic rings. The highest BCUT2D eigenvalue weighted by molar-refractivity contribution is 6.55. The van der Waals surface area contributed by atoms with Gasteiger partial charge in [-0.3, -0.25) is 0 Å². The van der Waals surface area contributed by atoms with Crippen molar-refractivity contribution < 1.29 is 9.47 Å². The van der Waals surface area contributed by atoms with E-state index in [1.807, 2.05) is 0 Å². The van der Waals surface area contributed by atoms with E-state index in [0.29, 0.717) is 6.10 Å². The van der Waals surface area contributed by atoms with E-state index >= 15 is 0 Å². The quantitative estimate of drug-likeness (QED) is 0.344. The van der Waals surface area contributed by atoms with Crippen LogP contribution in [0.2, 0.25) is 19.1 Å². The molecule has 1 aliphatic heterocycles. The van der Waals surface area contributed by atoms with Gasteiger partial charge in [0.2, 0.25) is 0 Å². The van der Waals surface area contributed by atoms with Gasteiger partial charge in [-0.25, -0.2) is 0 Å². The van der Waals surface area contributed by atoms with Crippen LogP contribution in [-0.2, 0) is 9.47 Å². The van der Waals surface area contributed by atoms with Gasteiger partial charge in [0.25, 0.3) is 0 Å². The molecule has 12 heavy (non-hydrogen) atoms. The lowest BCUT2D eigenvalue weighted by molar-refractivity contribution is 0.114. The van der Waals surface area contributed by atoms with E-state index in [-0.39, 0.29) is 8.80 Å². The van der Waals surface area contributed by atoms with Gasteiger partial charge in [0.15, 0.2) is 0 Å². The molecule has 1 heterocycles. The Labute approximate surface area is 76.9 Å². The van der Waals surface area contributed by atoms with Gasteiger partial charge in [0.1, 0.15) is 6.10 Å². The summed E-state index contributed by atoms with van der Waals surface area (Å²) < 4.78 is 10.5. The van der Waals surface area contributed by atoms with E-state index < -0.39 is 0 Å². The van der Waals surface area contributed by atoms with Gasteiger partial charge >= 0.3 is 0 Å². The van der Waals surface area contributed by atoms with Crippen molar-refractivity contribution in [1.29, 1.82) is 0 Å². The van der Waals surface area contributed by atoms with Gasteiger partial charge < -0.3 is 9.47 Å². The number of epoxide rings is 1. The zero-order chi connectivity index (χ0) is 8.81. The minimum Gasteiger partial charge on any atom is -0.379 e. The molecule has 0 aromatic rings. The number of hydrogen-bond acceptors (Lipinski definition) is 2. The summed E-state index contributed by atoms with van der Waals surface area (Å²) in [5.74, 6) is 0. The Hall–Kier alpha value is 0.137. The van der Waals surface area contributed by atoms with Crippen molar-refractivity contribution in [3.63, 3.8) is 0 Å². The van der Waals surface area contributed by atoms with Crippen LogP contribution >= 0.6 is 0 Å². The first-order valence-electron chi connectivity index (χ1n) is 4.98. The monoisotopic (exact) mass is 188 g/mol. The van der Waals surface area contributed by atoms with Gasteiger partial charge in [-0.2, -0.15) is 0 Å². The highest BCUT2D eigenvalue weighted by Crippen LogP contribution is 2.09. The van der Waals surface area contributed by atoms with Crippen LogP contribution in [0.4, 0.5) is 0 Å². The molecule has 0 bridgehead atoms. The second kappa shape index (κ2) is 5.73. The number of hydrogen-bond donors (Lipinski definition) is 0. The van der Waals surface area contributed by atoms with Gasteiger partial charge in [-0.05, 0) is 6.42 Å². The second-order valence-corrected chi connectivity index (χ2v) is 7.28. The molecule has 1 rings (SSSR count). The second-order valence-electron chi connectivity index (χ2n) is 3.92. The van der Waals surface area contributed by atoms with Gasteiger partial charge in [-0.15, -0.1) is 0 Å². The van der Waals surface area contributed by atoms with Crippen LogP contribution in [0.15, 0.2) is 0 Å². The lowest BCUT2D eigenvalue weighted by Gasteiger charge is -2.03. The fraction of sp³-hybridized carbons (Fsp3) is 1.00. The van der Waals surface area contributed by atoms with Crippen molar-refractivity contribution in [1.82, 2.24) is 0 Å². The van der Waals surface area contributed by atoms with Gasteiger partial charge in [0, 0.05) is 15.4 Å². The molecule has 0 aromatic heterocycles. The molecule has 1 saturated heterocycles. The standard InChI is InChI=1S/C9H20O2Si/c1-12(2)6-4-3-5-10-7-9-8-11-9/h9,12H,3-8H2,1-2H3. The van der Waals surface area contributed by atoms with E-state index in [0.717, 1.165) is 19.8 Å². The Bertz CT molecular complexity index is 107. The fourth-order valence-electron chi connectivity index (χ4n) is 1.14. The number of ether oxygens (including phenoxy) is 2. The highest BCUT2D eigenvalue weighted by atomic mass is 28.3. The summed E-state index contributed by atoms with van der Waals surface area (Å²) in [4.78, 5) is 0. The SMILES string of the molecule is C[SiH](C)CCCCOCC1CO1. The molecular weight excluding hydrogens is 168 g/mol. The van der Waals surface area contributed by atoms with Crippen LogP contribution in [0.1, 0.15) is 12.8 Å². The van der Waals surface area contributed by atoms with E-state index in [1.54, 1.807) is 0 Å². The molecule has 0 radical (unpaired) electrons. The summed E-state index contributed by atoms with van der Waals surface area (Å²) in [5.41, 5.74) is 0. The summed E-state index contributed by atoms with van der Waals surface area (Å²) >= 11 is 0. The molecule has 1 atom stereocenters. The first-order valence-corrected chi connectivity index (χ1v) is 8.11. The summed E-state index contributed by atoms with van der Waals surface area (Å²) in [6, 6.07) is 1.46. The lowest BCUT2D eigenvalue weighted by atomic mass is 10.3. The molecule has 0 spiro atoms. The van der Waals surface area contributed by atoms with E-state index in [9.17, 15) is 0 Å². The first kappa shape index (κ1) is 10.2. The van der Waals surface area contributed by atoms with Crippen molar-refractivity contribution in [3.8, 4) is 0 Å². The van der Waals surface area contributed by atoms with Crippen molar-refractivity contribution in [3.05, 3.63) is 0 Å². The third kappa shape index (κ3) is 5.74. The molecule has 0 N–H and O–H groups in total. The summed E-state index contributed by atoms with van der Waals surface area (Å²) in [6.45, 7) is 7.47. The molecule has 72 valence electrons. The van der Waals surface area contributed by atoms with E-state index in [4.69, 9.17) is 9.47 Å². The van der Waals surface area contributed by atoms with Crippen LogP contribution in [0, 0.1) is 0 Å². The smallest absolute Gasteiger partial charge is 0.104 e. The minimum atomic E-state index is -0.310. The zero-order valence-corrected chi connectivity index (χ0v) is 9.37. The molecular formula is C9H20O2Si. The van der Waals surface area contributed by atoms with E-state index in [2.05, 4.69) is 13.1 Å². The maximum absolute atomic E-state index is 5.43. The molecule has 0 saturated carbocycles. The largest absolute Gasteiger partial charge is 0.379 e. The third-order valence-corrected chi connectivity index (χ3v) is 3.59. The van der Waals surface area contributed by atoms with Gasteiger partial charge in [0.05, 0.1) is 13.2 Å². The maximum atomic E-state index is 5.43. The molecule has 1 unspecified atom stereocenters. The predicted molar refractivity (Wildman–Crippen MR) is 53.5 cm³/mol. The average Bonchev–Trinajstić information content (AvgIpc) is 2.79. The highest BCUT2D eigenvalue weighted by Gasteiger charge is 2.21. The third-order valence-electron chi connectivity index (χ3n) is 2.03. The Morgan fingerprint density at radius 3 is 2.75 bits per heavy atom. The predicted octanol–water partition coefficient (Wildman–Crippen LogP) is 1.67. The zero-order valence-electron chi connectivity index (χ0n) is 8.21. The molecule has 1 fully saturated rings. The molecule has 3 heteroatoms. The minimum absolute atomic E-state index is 0.310. The van der Waals surface area contributed by atoms with Gasteiger partial charge in [-0.1, -0.05) is 25.6 Å². The van der Waals surface area contributed by atoms with Crippen molar-refractivity contribution in [2.45, 2.75) is 38.1 Å². The number of unbranched alkanes of at least 4 members (excludes halogenated alkanes) is 1. The van der Waals surface area contributed by atoms with Crippen molar-refractivity contribution in [2.75, 3.05) is 19.8 Å². The maximum Gasteiger partial charge on any atom is 0.104 e. The van der Waals surface area contributed by atoms with Crippen LogP contribution < -0.4 is 0 Å². The Morgan fingerprint density at radius 2 is 2.17 bits per heavy atom. The van der Waals surface area contributed by atoms with Crippen LogP contribution in [0.5, 0.6) is 0 Å². The van der Waals surface area contributed by atoms with Crippen LogP contribution in [0.3, 0.4) is 0 Å². The Balaban J connectivity index is 1.70. The van der Waals surface area contributed by atoms with E-state index in [1.165, 1.54) is 18.9 Å². The normalized spacial score (nSPS) is 21.8. The first-order chi connectivity index (χ1) is 5.79. The molecule has 0 amide bonds.